The third-order valence-corrected chi connectivity index (χ3v) is 9.26. The monoisotopic (exact) mass is 400 g/mol. The van der Waals surface area contributed by atoms with Gasteiger partial charge in [-0.1, -0.05) is 84.1 Å². The van der Waals surface area contributed by atoms with Crippen LogP contribution in [-0.4, -0.2) is 11.2 Å². The lowest BCUT2D eigenvalue weighted by molar-refractivity contribution is 0.0690. The van der Waals surface area contributed by atoms with E-state index in [0.717, 1.165) is 30.1 Å². The Balaban J connectivity index is 1.68. The summed E-state index contributed by atoms with van der Waals surface area (Å²) in [5.41, 5.74) is 3.72. The number of allylic oxidation sites excluding steroid dienone is 3. The molecule has 0 spiro atoms. The van der Waals surface area contributed by atoms with E-state index in [2.05, 4.69) is 53.7 Å². The lowest BCUT2D eigenvalue weighted by Crippen LogP contribution is -2.36. The van der Waals surface area contributed by atoms with Crippen molar-refractivity contribution >= 4 is 0 Å². The van der Waals surface area contributed by atoms with E-state index in [1.54, 1.807) is 5.57 Å². The van der Waals surface area contributed by atoms with Gasteiger partial charge in [0, 0.05) is 0 Å². The Kier molecular flexibility index (Phi) is 7.74. The summed E-state index contributed by atoms with van der Waals surface area (Å²) < 4.78 is 0. The molecule has 3 aliphatic rings. The zero-order valence-electron chi connectivity index (χ0n) is 20.2. The Morgan fingerprint density at radius 1 is 1.07 bits per heavy atom. The van der Waals surface area contributed by atoms with Gasteiger partial charge in [0.2, 0.25) is 0 Å². The molecule has 0 aromatic rings. The fourth-order valence-corrected chi connectivity index (χ4v) is 7.14. The maximum Gasteiger partial charge on any atom is 0.0605 e. The van der Waals surface area contributed by atoms with E-state index in [1.165, 1.54) is 63.4 Å². The second-order valence-electron chi connectivity index (χ2n) is 11.8. The van der Waals surface area contributed by atoms with Crippen molar-refractivity contribution in [1.82, 2.24) is 0 Å². The highest BCUT2D eigenvalue weighted by Gasteiger charge is 2.50. The van der Waals surface area contributed by atoms with Crippen LogP contribution < -0.4 is 0 Å². The highest BCUT2D eigenvalue weighted by Crippen LogP contribution is 2.60. The first-order valence-electron chi connectivity index (χ1n) is 12.8. The summed E-state index contributed by atoms with van der Waals surface area (Å²) in [6.07, 6.45) is 18.0. The molecule has 2 unspecified atom stereocenters. The predicted molar refractivity (Wildman–Crippen MR) is 126 cm³/mol. The number of hydrogen-bond acceptors (Lipinski definition) is 1. The van der Waals surface area contributed by atoms with E-state index < -0.39 is 0 Å². The van der Waals surface area contributed by atoms with Crippen molar-refractivity contribution in [2.24, 2.45) is 40.9 Å². The standard InChI is InChI=1S/C28H48O/c1-19(2)9-7-10-20(3)25-14-15-26-24(11-8-16-28(25,26)6)13-12-23-17-21(4)22(5)27(29)18-23/h12-13,19-22,25-27,29H,7-11,14-18H2,1-6H3/b23-12-,24-13+/t20-,21+,22-,25?,26?,27+,28+/m0/s1. The molecule has 3 saturated carbocycles. The highest BCUT2D eigenvalue weighted by atomic mass is 16.3. The molecule has 0 amide bonds. The zero-order valence-corrected chi connectivity index (χ0v) is 20.2. The molecular formula is C28H48O. The van der Waals surface area contributed by atoms with Crippen molar-refractivity contribution in [3.05, 3.63) is 23.3 Å². The number of hydrogen-bond donors (Lipinski definition) is 1. The van der Waals surface area contributed by atoms with Crippen LogP contribution in [0.5, 0.6) is 0 Å². The fraction of sp³-hybridized carbons (Fsp3) is 0.857. The first-order valence-corrected chi connectivity index (χ1v) is 12.8. The van der Waals surface area contributed by atoms with Gasteiger partial charge in [0.1, 0.15) is 0 Å². The van der Waals surface area contributed by atoms with E-state index in [4.69, 9.17) is 0 Å². The van der Waals surface area contributed by atoms with Crippen molar-refractivity contribution in [3.63, 3.8) is 0 Å². The third kappa shape index (κ3) is 5.20. The molecule has 29 heavy (non-hydrogen) atoms. The van der Waals surface area contributed by atoms with Gasteiger partial charge in [-0.3, -0.25) is 0 Å². The molecule has 1 nitrogen and oxygen atoms in total. The Labute approximate surface area is 181 Å². The van der Waals surface area contributed by atoms with Crippen molar-refractivity contribution in [2.75, 3.05) is 0 Å². The number of aliphatic hydroxyl groups is 1. The molecule has 0 radical (unpaired) electrons. The van der Waals surface area contributed by atoms with Gasteiger partial charge in [0.25, 0.3) is 0 Å². The number of aliphatic hydroxyl groups excluding tert-OH is 1. The second-order valence-corrected chi connectivity index (χ2v) is 11.8. The van der Waals surface area contributed by atoms with E-state index in [1.807, 2.05) is 0 Å². The van der Waals surface area contributed by atoms with Gasteiger partial charge in [0.05, 0.1) is 6.10 Å². The Morgan fingerprint density at radius 2 is 1.83 bits per heavy atom. The van der Waals surface area contributed by atoms with Crippen LogP contribution in [0.2, 0.25) is 0 Å². The molecule has 0 aromatic heterocycles. The molecule has 0 aromatic carbocycles. The minimum Gasteiger partial charge on any atom is -0.393 e. The molecule has 7 atom stereocenters. The van der Waals surface area contributed by atoms with E-state index in [9.17, 15) is 5.11 Å². The minimum absolute atomic E-state index is 0.150. The van der Waals surface area contributed by atoms with Crippen LogP contribution in [0.3, 0.4) is 0 Å². The summed E-state index contributed by atoms with van der Waals surface area (Å²) in [7, 11) is 0. The van der Waals surface area contributed by atoms with Gasteiger partial charge in [-0.05, 0) is 85.9 Å². The maximum absolute atomic E-state index is 10.4. The van der Waals surface area contributed by atoms with Gasteiger partial charge >= 0.3 is 0 Å². The summed E-state index contributed by atoms with van der Waals surface area (Å²) in [5, 5.41) is 10.4. The largest absolute Gasteiger partial charge is 0.393 e. The first kappa shape index (κ1) is 23.1. The van der Waals surface area contributed by atoms with Crippen molar-refractivity contribution in [3.8, 4) is 0 Å². The van der Waals surface area contributed by atoms with Gasteiger partial charge in [0.15, 0.2) is 0 Å². The minimum atomic E-state index is -0.150. The summed E-state index contributed by atoms with van der Waals surface area (Å²) in [5.74, 6) is 4.46. The van der Waals surface area contributed by atoms with Gasteiger partial charge in [-0.25, -0.2) is 0 Å². The highest BCUT2D eigenvalue weighted by molar-refractivity contribution is 5.26. The topological polar surface area (TPSA) is 20.2 Å². The van der Waals surface area contributed by atoms with Crippen LogP contribution in [0.4, 0.5) is 0 Å². The average Bonchev–Trinajstić information content (AvgIpc) is 3.01. The molecule has 3 rings (SSSR count). The predicted octanol–water partition coefficient (Wildman–Crippen LogP) is 7.94. The van der Waals surface area contributed by atoms with Crippen molar-refractivity contribution < 1.29 is 5.11 Å². The van der Waals surface area contributed by atoms with Gasteiger partial charge in [-0.15, -0.1) is 0 Å². The third-order valence-electron chi connectivity index (χ3n) is 9.26. The van der Waals surface area contributed by atoms with Crippen LogP contribution >= 0.6 is 0 Å². The summed E-state index contributed by atoms with van der Waals surface area (Å²) in [6.45, 7) is 14.4. The van der Waals surface area contributed by atoms with E-state index in [-0.39, 0.29) is 6.10 Å². The second kappa shape index (κ2) is 9.71. The van der Waals surface area contributed by atoms with Crippen LogP contribution in [0.1, 0.15) is 106 Å². The molecule has 0 aliphatic heterocycles. The van der Waals surface area contributed by atoms with Crippen LogP contribution in [0, 0.1) is 40.9 Å². The summed E-state index contributed by atoms with van der Waals surface area (Å²) in [6, 6.07) is 0. The Bertz CT molecular complexity index is 585. The maximum atomic E-state index is 10.4. The van der Waals surface area contributed by atoms with Crippen molar-refractivity contribution in [2.45, 2.75) is 112 Å². The summed E-state index contributed by atoms with van der Waals surface area (Å²) >= 11 is 0. The van der Waals surface area contributed by atoms with E-state index in [0.29, 0.717) is 17.3 Å². The molecule has 3 aliphatic carbocycles. The normalized spacial score (nSPS) is 41.9. The average molecular weight is 401 g/mol. The molecular weight excluding hydrogens is 352 g/mol. The molecule has 0 heterocycles. The first-order chi connectivity index (χ1) is 13.7. The molecule has 3 fully saturated rings. The van der Waals surface area contributed by atoms with Gasteiger partial charge < -0.3 is 5.11 Å². The van der Waals surface area contributed by atoms with E-state index >= 15 is 0 Å². The lowest BCUT2D eigenvalue weighted by Gasteiger charge is -2.44. The summed E-state index contributed by atoms with van der Waals surface area (Å²) in [4.78, 5) is 0. The Hall–Kier alpha value is -0.560. The quantitative estimate of drug-likeness (QED) is 0.479. The van der Waals surface area contributed by atoms with Gasteiger partial charge in [-0.2, -0.15) is 0 Å². The molecule has 0 saturated heterocycles. The smallest absolute Gasteiger partial charge is 0.0605 e. The fourth-order valence-electron chi connectivity index (χ4n) is 7.14. The lowest BCUT2D eigenvalue weighted by atomic mass is 9.60. The van der Waals surface area contributed by atoms with Crippen LogP contribution in [0.25, 0.3) is 0 Å². The van der Waals surface area contributed by atoms with Crippen molar-refractivity contribution in [1.29, 1.82) is 0 Å². The molecule has 0 bridgehead atoms. The van der Waals surface area contributed by atoms with Crippen LogP contribution in [-0.2, 0) is 0 Å². The molecule has 1 N–H and O–H groups in total. The van der Waals surface area contributed by atoms with Crippen LogP contribution in [0.15, 0.2) is 23.3 Å². The number of fused-ring (bicyclic) bond motifs is 1. The SMILES string of the molecule is CC(C)CCC[C@H](C)C1CCC2/C(=C/C=C3/C[C@@H](C)[C@H](C)[C@H](O)C3)CCC[C@@]21C. The Morgan fingerprint density at radius 3 is 2.52 bits per heavy atom. The molecule has 1 heteroatoms. The molecule has 166 valence electrons. The number of rotatable bonds is 6. The zero-order chi connectivity index (χ0) is 21.2.